The number of rotatable bonds is 2. The fourth-order valence-electron chi connectivity index (χ4n) is 2.95. The van der Waals surface area contributed by atoms with E-state index in [-0.39, 0.29) is 11.3 Å². The third-order valence-electron chi connectivity index (χ3n) is 4.15. The molecule has 110 valence electrons. The first-order chi connectivity index (χ1) is 10.1. The van der Waals surface area contributed by atoms with Crippen molar-refractivity contribution in [2.75, 3.05) is 13.1 Å². The number of pyridine rings is 1. The van der Waals surface area contributed by atoms with Crippen LogP contribution in [0.1, 0.15) is 24.8 Å². The van der Waals surface area contributed by atoms with Gasteiger partial charge in [-0.15, -0.1) is 0 Å². The molecule has 1 saturated heterocycles. The second kappa shape index (κ2) is 5.72. The topological polar surface area (TPSA) is 42.3 Å². The zero-order chi connectivity index (χ0) is 14.8. The van der Waals surface area contributed by atoms with E-state index >= 15 is 0 Å². The van der Waals surface area contributed by atoms with Gasteiger partial charge in [0.2, 0.25) is 5.91 Å². The van der Waals surface area contributed by atoms with Crippen LogP contribution in [0.4, 0.5) is 0 Å². The monoisotopic (exact) mass is 284 g/mol. The number of carbonyl (C=O) groups excluding carboxylic acids is 1. The van der Waals surface area contributed by atoms with Crippen molar-refractivity contribution in [2.24, 2.45) is 0 Å². The van der Waals surface area contributed by atoms with Crippen molar-refractivity contribution in [3.8, 4) is 0 Å². The van der Waals surface area contributed by atoms with Gasteiger partial charge in [0.15, 0.2) is 5.43 Å². The fourth-order valence-corrected chi connectivity index (χ4v) is 2.95. The summed E-state index contributed by atoms with van der Waals surface area (Å²) in [7, 11) is 0. The summed E-state index contributed by atoms with van der Waals surface area (Å²) in [5.41, 5.74) is 1.90. The molecule has 2 aromatic rings. The number of hydrogen-bond acceptors (Lipinski definition) is 2. The zero-order valence-corrected chi connectivity index (χ0v) is 12.3. The highest BCUT2D eigenvalue weighted by atomic mass is 16.2. The van der Waals surface area contributed by atoms with Gasteiger partial charge in [-0.25, -0.2) is 0 Å². The van der Waals surface area contributed by atoms with Gasteiger partial charge in [0, 0.05) is 30.7 Å². The fraction of sp³-hybridized carbons (Fsp3) is 0.412. The number of carbonyl (C=O) groups is 1. The first-order valence-electron chi connectivity index (χ1n) is 7.53. The molecular formula is C17H20N2O2. The molecule has 0 spiro atoms. The SMILES string of the molecule is Cc1ccc2c(c1)c(=O)ccn2CC(=O)N1CCCCC1. The van der Waals surface area contributed by atoms with Crippen molar-refractivity contribution >= 4 is 16.8 Å². The summed E-state index contributed by atoms with van der Waals surface area (Å²) in [6, 6.07) is 7.34. The van der Waals surface area contributed by atoms with Gasteiger partial charge in [0.25, 0.3) is 0 Å². The van der Waals surface area contributed by atoms with Crippen LogP contribution >= 0.6 is 0 Å². The van der Waals surface area contributed by atoms with Gasteiger partial charge in [0.05, 0.1) is 5.52 Å². The Morgan fingerprint density at radius 2 is 1.90 bits per heavy atom. The van der Waals surface area contributed by atoms with Crippen LogP contribution in [0.25, 0.3) is 10.9 Å². The van der Waals surface area contributed by atoms with Crippen molar-refractivity contribution in [3.05, 3.63) is 46.2 Å². The Balaban J connectivity index is 1.92. The molecule has 2 heterocycles. The van der Waals surface area contributed by atoms with Crippen LogP contribution in [-0.4, -0.2) is 28.5 Å². The number of amides is 1. The Bertz CT molecular complexity index is 727. The maximum atomic E-state index is 12.4. The highest BCUT2D eigenvalue weighted by Gasteiger charge is 2.17. The lowest BCUT2D eigenvalue weighted by Crippen LogP contribution is -2.37. The number of benzene rings is 1. The van der Waals surface area contributed by atoms with E-state index in [0.29, 0.717) is 11.9 Å². The van der Waals surface area contributed by atoms with E-state index in [1.165, 1.54) is 6.42 Å². The summed E-state index contributed by atoms with van der Waals surface area (Å²) < 4.78 is 1.88. The lowest BCUT2D eigenvalue weighted by molar-refractivity contribution is -0.132. The molecule has 0 saturated carbocycles. The highest BCUT2D eigenvalue weighted by Crippen LogP contribution is 2.14. The van der Waals surface area contributed by atoms with Gasteiger partial charge in [-0.3, -0.25) is 9.59 Å². The number of likely N-dealkylation sites (tertiary alicyclic amines) is 1. The Labute approximate surface area is 124 Å². The van der Waals surface area contributed by atoms with Gasteiger partial charge in [-0.2, -0.15) is 0 Å². The maximum Gasteiger partial charge on any atom is 0.242 e. The van der Waals surface area contributed by atoms with Crippen LogP contribution in [0, 0.1) is 6.92 Å². The molecule has 3 rings (SSSR count). The molecule has 1 aliphatic rings. The molecule has 4 heteroatoms. The molecule has 1 fully saturated rings. The van der Waals surface area contributed by atoms with E-state index in [1.54, 1.807) is 12.3 Å². The third kappa shape index (κ3) is 2.84. The standard InChI is InChI=1S/C17H20N2O2/c1-13-5-6-15-14(11-13)16(20)7-10-19(15)12-17(21)18-8-3-2-4-9-18/h5-7,10-11H,2-4,8-9,12H2,1H3. The Kier molecular flexibility index (Phi) is 3.78. The van der Waals surface area contributed by atoms with Crippen LogP contribution < -0.4 is 5.43 Å². The number of aromatic nitrogens is 1. The molecule has 0 radical (unpaired) electrons. The summed E-state index contributed by atoms with van der Waals surface area (Å²) in [5.74, 6) is 0.139. The maximum absolute atomic E-state index is 12.4. The minimum absolute atomic E-state index is 0.00960. The van der Waals surface area contributed by atoms with Crippen LogP contribution in [0.2, 0.25) is 0 Å². The summed E-state index contributed by atoms with van der Waals surface area (Å²) in [5, 5.41) is 0.684. The minimum Gasteiger partial charge on any atom is -0.341 e. The van der Waals surface area contributed by atoms with Crippen molar-refractivity contribution in [2.45, 2.75) is 32.7 Å². The smallest absolute Gasteiger partial charge is 0.242 e. The number of fused-ring (bicyclic) bond motifs is 1. The van der Waals surface area contributed by atoms with Crippen molar-refractivity contribution in [3.63, 3.8) is 0 Å². The van der Waals surface area contributed by atoms with E-state index in [2.05, 4.69) is 0 Å². The Morgan fingerprint density at radius 1 is 1.14 bits per heavy atom. The molecule has 0 unspecified atom stereocenters. The number of piperidine rings is 1. The molecule has 0 bridgehead atoms. The van der Waals surface area contributed by atoms with Crippen LogP contribution in [0.5, 0.6) is 0 Å². The summed E-state index contributed by atoms with van der Waals surface area (Å²) in [6.45, 7) is 3.99. The largest absolute Gasteiger partial charge is 0.341 e. The first kappa shape index (κ1) is 13.9. The average Bonchev–Trinajstić information content (AvgIpc) is 2.51. The third-order valence-corrected chi connectivity index (χ3v) is 4.15. The quantitative estimate of drug-likeness (QED) is 0.849. The molecule has 21 heavy (non-hydrogen) atoms. The van der Waals surface area contributed by atoms with Gasteiger partial charge in [-0.1, -0.05) is 11.6 Å². The molecule has 0 aliphatic carbocycles. The lowest BCUT2D eigenvalue weighted by Gasteiger charge is -2.27. The zero-order valence-electron chi connectivity index (χ0n) is 12.3. The van der Waals surface area contributed by atoms with Gasteiger partial charge >= 0.3 is 0 Å². The predicted octanol–water partition coefficient (Wildman–Crippen LogP) is 2.32. The number of hydrogen-bond donors (Lipinski definition) is 0. The number of nitrogens with zero attached hydrogens (tertiary/aromatic N) is 2. The highest BCUT2D eigenvalue weighted by molar-refractivity contribution is 5.82. The number of aryl methyl sites for hydroxylation is 1. The minimum atomic E-state index is 0.00960. The van der Waals surface area contributed by atoms with Crippen LogP contribution in [0.15, 0.2) is 35.3 Å². The van der Waals surface area contributed by atoms with Crippen molar-refractivity contribution in [1.82, 2.24) is 9.47 Å². The Morgan fingerprint density at radius 3 is 2.67 bits per heavy atom. The molecular weight excluding hydrogens is 264 g/mol. The molecule has 1 aromatic carbocycles. The molecule has 1 aliphatic heterocycles. The predicted molar refractivity (Wildman–Crippen MR) is 83.4 cm³/mol. The van der Waals surface area contributed by atoms with Gasteiger partial charge < -0.3 is 9.47 Å². The van der Waals surface area contributed by atoms with E-state index in [9.17, 15) is 9.59 Å². The molecule has 1 amide bonds. The second-order valence-corrected chi connectivity index (χ2v) is 5.77. The van der Waals surface area contributed by atoms with E-state index < -0.39 is 0 Å². The van der Waals surface area contributed by atoms with Crippen LogP contribution in [0.3, 0.4) is 0 Å². The Hall–Kier alpha value is -2.10. The van der Waals surface area contributed by atoms with Crippen molar-refractivity contribution < 1.29 is 4.79 Å². The lowest BCUT2D eigenvalue weighted by atomic mass is 10.1. The van der Waals surface area contributed by atoms with E-state index in [4.69, 9.17) is 0 Å². The van der Waals surface area contributed by atoms with E-state index in [0.717, 1.165) is 37.0 Å². The first-order valence-corrected chi connectivity index (χ1v) is 7.53. The second-order valence-electron chi connectivity index (χ2n) is 5.77. The summed E-state index contributed by atoms with van der Waals surface area (Å²) in [4.78, 5) is 26.3. The van der Waals surface area contributed by atoms with E-state index in [1.807, 2.05) is 34.6 Å². The normalized spacial score (nSPS) is 15.4. The molecule has 4 nitrogen and oxygen atoms in total. The van der Waals surface area contributed by atoms with Crippen molar-refractivity contribution in [1.29, 1.82) is 0 Å². The molecule has 1 aromatic heterocycles. The van der Waals surface area contributed by atoms with Crippen LogP contribution in [-0.2, 0) is 11.3 Å². The average molecular weight is 284 g/mol. The summed E-state index contributed by atoms with van der Waals surface area (Å²) in [6.07, 6.45) is 5.12. The van der Waals surface area contributed by atoms with Gasteiger partial charge in [-0.05, 0) is 38.3 Å². The molecule has 0 N–H and O–H groups in total. The molecule has 0 atom stereocenters. The van der Waals surface area contributed by atoms with Gasteiger partial charge in [0.1, 0.15) is 6.54 Å². The summed E-state index contributed by atoms with van der Waals surface area (Å²) >= 11 is 0.